The van der Waals surface area contributed by atoms with Gasteiger partial charge >= 0.3 is 0 Å². The Morgan fingerprint density at radius 3 is 2.65 bits per heavy atom. The van der Waals surface area contributed by atoms with Gasteiger partial charge in [-0.2, -0.15) is 0 Å². The van der Waals surface area contributed by atoms with Crippen LogP contribution >= 0.6 is 22.7 Å². The van der Waals surface area contributed by atoms with E-state index in [1.807, 2.05) is 48.7 Å². The van der Waals surface area contributed by atoms with E-state index in [1.54, 1.807) is 30.5 Å². The number of aromatic nitrogens is 1. The maximum atomic E-state index is 12.5. The molecule has 0 amide bonds. The average molecular weight is 341 g/mol. The first kappa shape index (κ1) is 15.6. The summed E-state index contributed by atoms with van der Waals surface area (Å²) in [5.74, 6) is -0.0809. The standard InChI is InChI=1S/C18H15NO2S2/c1-12-6-3-4-8-14(12)15(20)11-17-19(2)18(21)16(23-17)10-13-7-5-9-22-13/h3-11H,1-2H3/b16-10+,17-11+. The van der Waals surface area contributed by atoms with Crippen molar-refractivity contribution < 1.29 is 4.79 Å². The lowest BCUT2D eigenvalue weighted by Gasteiger charge is -1.99. The molecule has 2 aromatic heterocycles. The lowest BCUT2D eigenvalue weighted by Crippen LogP contribution is -2.29. The van der Waals surface area contributed by atoms with Crippen LogP contribution in [0.5, 0.6) is 0 Å². The second-order valence-corrected chi connectivity index (χ2v) is 7.19. The van der Waals surface area contributed by atoms with Crippen molar-refractivity contribution in [2.45, 2.75) is 6.92 Å². The Bertz CT molecular complexity index is 1020. The first-order chi connectivity index (χ1) is 11.1. The van der Waals surface area contributed by atoms with E-state index in [9.17, 15) is 9.59 Å². The van der Waals surface area contributed by atoms with Gasteiger partial charge in [-0.1, -0.05) is 30.3 Å². The normalized spacial score (nSPS) is 12.8. The minimum absolute atomic E-state index is 0.0766. The number of carbonyl (C=O) groups excluding carboxylic acids is 1. The van der Waals surface area contributed by atoms with E-state index in [2.05, 4.69) is 0 Å². The predicted octanol–water partition coefficient (Wildman–Crippen LogP) is 2.31. The van der Waals surface area contributed by atoms with Crippen molar-refractivity contribution in [3.05, 3.63) is 77.3 Å². The van der Waals surface area contributed by atoms with Gasteiger partial charge in [0.05, 0.1) is 4.53 Å². The second kappa shape index (κ2) is 6.48. The molecule has 0 spiro atoms. The van der Waals surface area contributed by atoms with Crippen molar-refractivity contribution >= 4 is 40.6 Å². The Labute approximate surface area is 141 Å². The zero-order valence-corrected chi connectivity index (χ0v) is 14.4. The molecule has 116 valence electrons. The molecule has 0 aliphatic heterocycles. The SMILES string of the molecule is Cc1ccccc1C(=O)/C=c1/s/c(=C/c2cccs2)c(=O)n1C. The van der Waals surface area contributed by atoms with Gasteiger partial charge in [-0.3, -0.25) is 9.59 Å². The van der Waals surface area contributed by atoms with Crippen molar-refractivity contribution in [1.29, 1.82) is 0 Å². The largest absolute Gasteiger partial charge is 0.302 e. The fraction of sp³-hybridized carbons (Fsp3) is 0.111. The van der Waals surface area contributed by atoms with Crippen LogP contribution in [0.4, 0.5) is 0 Å². The van der Waals surface area contributed by atoms with Gasteiger partial charge in [-0.25, -0.2) is 0 Å². The summed E-state index contributed by atoms with van der Waals surface area (Å²) in [6.45, 7) is 1.91. The minimum atomic E-state index is -0.0809. The molecule has 5 heteroatoms. The highest BCUT2D eigenvalue weighted by Gasteiger charge is 2.07. The number of rotatable bonds is 3. The van der Waals surface area contributed by atoms with Crippen LogP contribution in [0.15, 0.2) is 46.6 Å². The molecule has 0 saturated heterocycles. The van der Waals surface area contributed by atoms with Crippen LogP contribution in [-0.2, 0) is 7.05 Å². The van der Waals surface area contributed by atoms with E-state index >= 15 is 0 Å². The summed E-state index contributed by atoms with van der Waals surface area (Å²) in [7, 11) is 1.70. The molecule has 3 rings (SSSR count). The fourth-order valence-electron chi connectivity index (χ4n) is 2.25. The zero-order valence-electron chi connectivity index (χ0n) is 12.8. The van der Waals surface area contributed by atoms with Gasteiger partial charge in [0.15, 0.2) is 5.78 Å². The number of hydrogen-bond acceptors (Lipinski definition) is 4. The number of hydrogen-bond donors (Lipinski definition) is 0. The van der Waals surface area contributed by atoms with Crippen LogP contribution in [0.1, 0.15) is 20.8 Å². The number of ketones is 1. The monoisotopic (exact) mass is 341 g/mol. The van der Waals surface area contributed by atoms with Crippen LogP contribution in [-0.4, -0.2) is 10.4 Å². The molecular weight excluding hydrogens is 326 g/mol. The van der Waals surface area contributed by atoms with E-state index in [0.29, 0.717) is 14.8 Å². The number of thiazole rings is 1. The molecule has 0 atom stereocenters. The van der Waals surface area contributed by atoms with E-state index in [1.165, 1.54) is 15.9 Å². The summed E-state index contributed by atoms with van der Waals surface area (Å²) < 4.78 is 2.82. The van der Waals surface area contributed by atoms with Crippen molar-refractivity contribution in [3.8, 4) is 0 Å². The first-order valence-electron chi connectivity index (χ1n) is 7.09. The Morgan fingerprint density at radius 1 is 1.17 bits per heavy atom. The molecule has 2 heterocycles. The van der Waals surface area contributed by atoms with Gasteiger partial charge in [-0.15, -0.1) is 22.7 Å². The van der Waals surface area contributed by atoms with Crippen molar-refractivity contribution in [3.63, 3.8) is 0 Å². The number of Topliss-reactive ketones (excluding diaryl/α,β-unsaturated/α-hetero) is 1. The number of aryl methyl sites for hydroxylation is 1. The average Bonchev–Trinajstić information content (AvgIpc) is 3.13. The molecular formula is C18H15NO2S2. The van der Waals surface area contributed by atoms with Gasteiger partial charge in [0.25, 0.3) is 5.56 Å². The number of thiophene rings is 1. The third kappa shape index (κ3) is 3.25. The summed E-state index contributed by atoms with van der Waals surface area (Å²) in [5, 5.41) is 1.97. The molecule has 0 N–H and O–H groups in total. The molecule has 0 radical (unpaired) electrons. The third-order valence-electron chi connectivity index (χ3n) is 3.54. The predicted molar refractivity (Wildman–Crippen MR) is 96.7 cm³/mol. The summed E-state index contributed by atoms with van der Waals surface area (Å²) in [4.78, 5) is 25.8. The molecule has 0 bridgehead atoms. The van der Waals surface area contributed by atoms with Crippen LogP contribution in [0, 0.1) is 6.92 Å². The smallest absolute Gasteiger partial charge is 0.268 e. The summed E-state index contributed by atoms with van der Waals surface area (Å²) >= 11 is 2.92. The van der Waals surface area contributed by atoms with Crippen LogP contribution in [0.25, 0.3) is 12.2 Å². The second-order valence-electron chi connectivity index (χ2n) is 5.15. The minimum Gasteiger partial charge on any atom is -0.302 e. The van der Waals surface area contributed by atoms with E-state index in [4.69, 9.17) is 0 Å². The highest BCUT2D eigenvalue weighted by molar-refractivity contribution is 7.11. The number of nitrogens with zero attached hydrogens (tertiary/aromatic N) is 1. The summed E-state index contributed by atoms with van der Waals surface area (Å²) in [6.07, 6.45) is 3.41. The molecule has 0 unspecified atom stereocenters. The molecule has 0 aliphatic rings. The van der Waals surface area contributed by atoms with Crippen molar-refractivity contribution in [2.24, 2.45) is 7.05 Å². The topological polar surface area (TPSA) is 39.1 Å². The number of carbonyl (C=O) groups is 1. The molecule has 0 saturated carbocycles. The van der Waals surface area contributed by atoms with E-state index in [0.717, 1.165) is 10.4 Å². The Kier molecular flexibility index (Phi) is 4.41. The molecule has 3 aromatic rings. The maximum Gasteiger partial charge on any atom is 0.268 e. The summed E-state index contributed by atoms with van der Waals surface area (Å²) in [6, 6.07) is 11.4. The van der Waals surface area contributed by atoms with Gasteiger partial charge in [-0.05, 0) is 30.0 Å². The van der Waals surface area contributed by atoms with E-state index in [-0.39, 0.29) is 11.3 Å². The summed E-state index contributed by atoms with van der Waals surface area (Å²) in [5.41, 5.74) is 1.52. The zero-order chi connectivity index (χ0) is 16.4. The van der Waals surface area contributed by atoms with Gasteiger partial charge in [0, 0.05) is 23.6 Å². The molecule has 0 fully saturated rings. The quantitative estimate of drug-likeness (QED) is 0.686. The highest BCUT2D eigenvalue weighted by atomic mass is 32.1. The molecule has 3 nitrogen and oxygen atoms in total. The van der Waals surface area contributed by atoms with Gasteiger partial charge in [0.1, 0.15) is 4.66 Å². The molecule has 23 heavy (non-hydrogen) atoms. The maximum absolute atomic E-state index is 12.5. The van der Waals surface area contributed by atoms with Gasteiger partial charge < -0.3 is 4.57 Å². The molecule has 1 aromatic carbocycles. The lowest BCUT2D eigenvalue weighted by atomic mass is 10.1. The first-order valence-corrected chi connectivity index (χ1v) is 8.78. The van der Waals surface area contributed by atoms with Crippen molar-refractivity contribution in [2.75, 3.05) is 0 Å². The van der Waals surface area contributed by atoms with Gasteiger partial charge in [0.2, 0.25) is 0 Å². The molecule has 0 aliphatic carbocycles. The Balaban J connectivity index is 2.10. The van der Waals surface area contributed by atoms with Crippen LogP contribution in [0.2, 0.25) is 0 Å². The Morgan fingerprint density at radius 2 is 1.96 bits per heavy atom. The Hall–Kier alpha value is -2.24. The highest BCUT2D eigenvalue weighted by Crippen LogP contribution is 2.09. The fourth-order valence-corrected chi connectivity index (χ4v) is 4.00. The van der Waals surface area contributed by atoms with Crippen LogP contribution < -0.4 is 14.8 Å². The third-order valence-corrected chi connectivity index (χ3v) is 5.47. The number of benzene rings is 1. The van der Waals surface area contributed by atoms with Crippen molar-refractivity contribution in [1.82, 2.24) is 4.57 Å². The lowest BCUT2D eigenvalue weighted by molar-refractivity contribution is 0.106. The van der Waals surface area contributed by atoms with E-state index < -0.39 is 0 Å². The van der Waals surface area contributed by atoms with Crippen LogP contribution in [0.3, 0.4) is 0 Å².